The van der Waals surface area contributed by atoms with Gasteiger partial charge in [0, 0.05) is 10.4 Å². The summed E-state index contributed by atoms with van der Waals surface area (Å²) < 4.78 is 25.6. The highest BCUT2D eigenvalue weighted by Gasteiger charge is 1.92. The van der Waals surface area contributed by atoms with Gasteiger partial charge >= 0.3 is 0 Å². The minimum atomic E-state index is -0.359. The van der Waals surface area contributed by atoms with Gasteiger partial charge in [-0.3, -0.25) is 0 Å². The maximum absolute atomic E-state index is 12.8. The Hall–Kier alpha value is -1.18. The van der Waals surface area contributed by atoms with E-state index in [9.17, 15) is 8.78 Å². The lowest BCUT2D eigenvalue weighted by Gasteiger charge is -1.91. The second kappa shape index (κ2) is 3.48. The minimum Gasteiger partial charge on any atom is -0.211 e. The summed E-state index contributed by atoms with van der Waals surface area (Å²) >= 11 is 0. The van der Waals surface area contributed by atoms with E-state index < -0.39 is 0 Å². The molecular formula is C10H10F2. The molecule has 0 nitrogen and oxygen atoms in total. The Morgan fingerprint density at radius 3 is 1.50 bits per heavy atom. The fourth-order valence-electron chi connectivity index (χ4n) is 1.08. The predicted molar refractivity (Wildman–Crippen MR) is 46.1 cm³/mol. The van der Waals surface area contributed by atoms with E-state index >= 15 is 0 Å². The van der Waals surface area contributed by atoms with E-state index in [1.165, 1.54) is 13.8 Å². The molecule has 64 valence electrons. The quantitative estimate of drug-likeness (QED) is 0.555. The van der Waals surface area contributed by atoms with Gasteiger partial charge in [0.05, 0.1) is 0 Å². The van der Waals surface area contributed by atoms with E-state index in [0.717, 1.165) is 0 Å². The normalized spacial score (nSPS) is 15.7. The maximum atomic E-state index is 12.8. The van der Waals surface area contributed by atoms with Crippen molar-refractivity contribution < 1.29 is 8.78 Å². The summed E-state index contributed by atoms with van der Waals surface area (Å²) in [5.41, 5.74) is 0. The minimum absolute atomic E-state index is 0.331. The van der Waals surface area contributed by atoms with Crippen LogP contribution in [0.2, 0.25) is 0 Å². The Morgan fingerprint density at radius 2 is 1.25 bits per heavy atom. The van der Waals surface area contributed by atoms with Gasteiger partial charge in [0.25, 0.3) is 0 Å². The first-order chi connectivity index (χ1) is 5.63. The molecule has 0 saturated carbocycles. The number of hydrogen-bond acceptors (Lipinski definition) is 0. The van der Waals surface area contributed by atoms with Crippen molar-refractivity contribution in [1.29, 1.82) is 0 Å². The van der Waals surface area contributed by atoms with Gasteiger partial charge in [-0.1, -0.05) is 24.3 Å². The summed E-state index contributed by atoms with van der Waals surface area (Å²) in [6.07, 6.45) is 0. The predicted octanol–water partition coefficient (Wildman–Crippen LogP) is 1.88. The molecule has 12 heavy (non-hydrogen) atoms. The first-order valence-corrected chi connectivity index (χ1v) is 3.71. The summed E-state index contributed by atoms with van der Waals surface area (Å²) in [6.45, 7) is 2.64. The smallest absolute Gasteiger partial charge is 0.105 e. The molecule has 0 aliphatic rings. The Balaban J connectivity index is 3.75. The molecule has 0 N–H and O–H groups in total. The van der Waals surface area contributed by atoms with Crippen LogP contribution in [-0.2, 0) is 0 Å². The summed E-state index contributed by atoms with van der Waals surface area (Å²) in [6, 6.07) is 6.50. The summed E-state index contributed by atoms with van der Waals surface area (Å²) in [5.74, 6) is -0.717. The third kappa shape index (κ3) is 1.70. The van der Waals surface area contributed by atoms with E-state index in [-0.39, 0.29) is 11.7 Å². The molecule has 0 bridgehead atoms. The van der Waals surface area contributed by atoms with Crippen LogP contribution in [0.5, 0.6) is 0 Å². The van der Waals surface area contributed by atoms with Crippen molar-refractivity contribution in [3.63, 3.8) is 0 Å². The average Bonchev–Trinajstić information content (AvgIpc) is 2.04. The molecule has 0 aromatic heterocycles. The third-order valence-electron chi connectivity index (χ3n) is 1.67. The van der Waals surface area contributed by atoms with Gasteiger partial charge in [-0.05, 0) is 13.8 Å². The van der Waals surface area contributed by atoms with Crippen LogP contribution in [0.4, 0.5) is 8.78 Å². The highest BCUT2D eigenvalue weighted by Crippen LogP contribution is 1.91. The summed E-state index contributed by atoms with van der Waals surface area (Å²) in [4.78, 5) is 0. The number of halogens is 2. The van der Waals surface area contributed by atoms with Crippen LogP contribution in [0, 0.1) is 0 Å². The van der Waals surface area contributed by atoms with Crippen LogP contribution in [-0.4, -0.2) is 0 Å². The van der Waals surface area contributed by atoms with E-state index in [1.807, 2.05) is 0 Å². The highest BCUT2D eigenvalue weighted by molar-refractivity contribution is 5.40. The number of hydrogen-bond donors (Lipinski definition) is 0. The Kier molecular flexibility index (Phi) is 2.58. The van der Waals surface area contributed by atoms with Crippen molar-refractivity contribution in [2.24, 2.45) is 0 Å². The van der Waals surface area contributed by atoms with Gasteiger partial charge in [-0.2, -0.15) is 0 Å². The largest absolute Gasteiger partial charge is 0.211 e. The molecule has 0 unspecified atom stereocenters. The zero-order valence-corrected chi connectivity index (χ0v) is 7.07. The van der Waals surface area contributed by atoms with Crippen LogP contribution >= 0.6 is 0 Å². The monoisotopic (exact) mass is 168 g/mol. The molecule has 0 amide bonds. The first-order valence-electron chi connectivity index (χ1n) is 3.71. The van der Waals surface area contributed by atoms with Gasteiger partial charge in [0.1, 0.15) is 11.7 Å². The standard InChI is InChI=1S/C10H10F2/c1-7(11)9-5-3-4-6-10(9)8(2)12/h3-6H,1-2H3/b9-7+,10-8+. The molecule has 1 rings (SSSR count). The Labute approximate surface area is 69.8 Å². The van der Waals surface area contributed by atoms with E-state index in [0.29, 0.717) is 10.4 Å². The lowest BCUT2D eigenvalue weighted by atomic mass is 10.2. The van der Waals surface area contributed by atoms with Gasteiger partial charge in [0.15, 0.2) is 0 Å². The van der Waals surface area contributed by atoms with E-state index in [2.05, 4.69) is 0 Å². The summed E-state index contributed by atoms with van der Waals surface area (Å²) in [7, 11) is 0. The van der Waals surface area contributed by atoms with Crippen molar-refractivity contribution >= 4 is 11.7 Å². The Bertz CT molecular complexity index is 344. The number of benzene rings is 1. The molecule has 0 heterocycles. The maximum Gasteiger partial charge on any atom is 0.105 e. The lowest BCUT2D eigenvalue weighted by molar-refractivity contribution is 0.727. The Morgan fingerprint density at radius 1 is 0.917 bits per heavy atom. The molecule has 2 heteroatoms. The molecule has 1 aromatic rings. The highest BCUT2D eigenvalue weighted by atomic mass is 19.1. The molecule has 0 spiro atoms. The van der Waals surface area contributed by atoms with Crippen molar-refractivity contribution in [2.45, 2.75) is 13.8 Å². The second-order valence-electron chi connectivity index (χ2n) is 2.61. The van der Waals surface area contributed by atoms with Crippen molar-refractivity contribution in [1.82, 2.24) is 0 Å². The molecule has 0 aliphatic carbocycles. The van der Waals surface area contributed by atoms with Crippen molar-refractivity contribution in [3.8, 4) is 0 Å². The molecule has 0 radical (unpaired) electrons. The average molecular weight is 168 g/mol. The molecular weight excluding hydrogens is 158 g/mol. The molecule has 0 atom stereocenters. The SMILES string of the molecule is C/C(F)=c1/cccc/c1=C(/C)F. The fourth-order valence-corrected chi connectivity index (χ4v) is 1.08. The first kappa shape index (κ1) is 8.91. The fraction of sp³-hybridized carbons (Fsp3) is 0.200. The third-order valence-corrected chi connectivity index (χ3v) is 1.67. The summed E-state index contributed by atoms with van der Waals surface area (Å²) in [5, 5.41) is 0.662. The van der Waals surface area contributed by atoms with E-state index in [1.54, 1.807) is 24.3 Å². The topological polar surface area (TPSA) is 0 Å². The van der Waals surface area contributed by atoms with Crippen LogP contribution in [0.1, 0.15) is 13.8 Å². The number of rotatable bonds is 0. The van der Waals surface area contributed by atoms with Crippen LogP contribution in [0.25, 0.3) is 11.7 Å². The van der Waals surface area contributed by atoms with Crippen molar-refractivity contribution in [2.75, 3.05) is 0 Å². The molecule has 1 aromatic carbocycles. The van der Waals surface area contributed by atoms with Crippen LogP contribution in [0.15, 0.2) is 24.3 Å². The van der Waals surface area contributed by atoms with Gasteiger partial charge < -0.3 is 0 Å². The second-order valence-corrected chi connectivity index (χ2v) is 2.61. The van der Waals surface area contributed by atoms with Crippen LogP contribution < -0.4 is 10.4 Å². The van der Waals surface area contributed by atoms with Gasteiger partial charge in [-0.15, -0.1) is 0 Å². The molecule has 0 saturated heterocycles. The molecule has 0 fully saturated rings. The van der Waals surface area contributed by atoms with Gasteiger partial charge in [0.2, 0.25) is 0 Å². The molecule has 0 aliphatic heterocycles. The zero-order valence-electron chi connectivity index (χ0n) is 7.07. The lowest BCUT2D eigenvalue weighted by Crippen LogP contribution is -2.26. The van der Waals surface area contributed by atoms with Crippen molar-refractivity contribution in [3.05, 3.63) is 34.7 Å². The van der Waals surface area contributed by atoms with Gasteiger partial charge in [-0.25, -0.2) is 8.78 Å². The van der Waals surface area contributed by atoms with E-state index in [4.69, 9.17) is 0 Å². The zero-order chi connectivity index (χ0) is 9.14. The van der Waals surface area contributed by atoms with Crippen LogP contribution in [0.3, 0.4) is 0 Å².